The summed E-state index contributed by atoms with van der Waals surface area (Å²) in [5.74, 6) is -1.74. The lowest BCUT2D eigenvalue weighted by Crippen LogP contribution is -2.30. The van der Waals surface area contributed by atoms with E-state index in [0.29, 0.717) is 22.9 Å². The van der Waals surface area contributed by atoms with Gasteiger partial charge in [0.05, 0.1) is 19.0 Å². The highest BCUT2D eigenvalue weighted by Gasteiger charge is 2.36. The van der Waals surface area contributed by atoms with Crippen molar-refractivity contribution in [2.24, 2.45) is 7.05 Å². The predicted molar refractivity (Wildman–Crippen MR) is 124 cm³/mol. The molecule has 1 fully saturated rings. The highest BCUT2D eigenvalue weighted by atomic mass is 32.2. The Morgan fingerprint density at radius 1 is 1.21 bits per heavy atom. The number of hydrogen-bond donors (Lipinski definition) is 1. The molecule has 0 bridgehead atoms. The number of hydrogen-bond acceptors (Lipinski definition) is 5. The van der Waals surface area contributed by atoms with Crippen LogP contribution in [-0.2, 0) is 17.1 Å². The second-order valence-corrected chi connectivity index (χ2v) is 10.3. The van der Waals surface area contributed by atoms with E-state index in [0.717, 1.165) is 16.5 Å². The minimum absolute atomic E-state index is 0.0615. The first-order valence-corrected chi connectivity index (χ1v) is 12.4. The van der Waals surface area contributed by atoms with Gasteiger partial charge in [-0.2, -0.15) is 0 Å². The maximum absolute atomic E-state index is 13.6. The number of nitrogens with zero attached hydrogens (tertiary/aromatic N) is 2. The smallest absolute Gasteiger partial charge is 0.248 e. The molecular weight excluding hydrogens is 452 g/mol. The average Bonchev–Trinajstić information content (AvgIpc) is 3.12. The number of methoxy groups -OCH3 is 1. The van der Waals surface area contributed by atoms with Crippen LogP contribution in [0.1, 0.15) is 32.6 Å². The maximum atomic E-state index is 13.6. The Labute approximate surface area is 191 Å². The van der Waals surface area contributed by atoms with E-state index in [1.165, 1.54) is 0 Å². The van der Waals surface area contributed by atoms with E-state index in [1.54, 1.807) is 38.4 Å². The number of aryl methyl sites for hydroxylation is 1. The summed E-state index contributed by atoms with van der Waals surface area (Å²) in [6.07, 6.45) is 3.28. The molecule has 1 aliphatic carbocycles. The van der Waals surface area contributed by atoms with E-state index in [4.69, 9.17) is 9.47 Å². The number of pyridine rings is 1. The van der Waals surface area contributed by atoms with Crippen LogP contribution < -0.4 is 14.2 Å². The summed E-state index contributed by atoms with van der Waals surface area (Å²) in [5, 5.41) is 0.847. The Hall–Kier alpha value is -2.88. The van der Waals surface area contributed by atoms with Gasteiger partial charge in [-0.3, -0.25) is 4.72 Å². The van der Waals surface area contributed by atoms with E-state index in [2.05, 4.69) is 9.71 Å². The van der Waals surface area contributed by atoms with Gasteiger partial charge in [-0.05, 0) is 44.0 Å². The van der Waals surface area contributed by atoms with Crippen LogP contribution in [-0.4, -0.2) is 42.9 Å². The SMILES string of the molecule is CCS(=O)(=O)Nc1ccc(OC2CCC(F)(F)CC2)c(-c2cn(C)c3c(OC)nccc23)c1. The zero-order chi connectivity index (χ0) is 23.8. The molecule has 2 aromatic heterocycles. The van der Waals surface area contributed by atoms with E-state index in [-0.39, 0.29) is 37.5 Å². The number of halogens is 2. The average molecular weight is 480 g/mol. The lowest BCUT2D eigenvalue weighted by Gasteiger charge is -2.29. The fourth-order valence-corrected chi connectivity index (χ4v) is 4.78. The van der Waals surface area contributed by atoms with Crippen molar-refractivity contribution in [1.29, 1.82) is 0 Å². The summed E-state index contributed by atoms with van der Waals surface area (Å²) in [4.78, 5) is 4.26. The molecule has 0 saturated heterocycles. The number of benzene rings is 1. The number of aromatic nitrogens is 2. The minimum atomic E-state index is -3.48. The molecule has 1 saturated carbocycles. The first kappa shape index (κ1) is 23.3. The number of alkyl halides is 2. The van der Waals surface area contributed by atoms with E-state index in [1.807, 2.05) is 23.9 Å². The Kier molecular flexibility index (Phi) is 6.22. The van der Waals surface area contributed by atoms with Crippen molar-refractivity contribution >= 4 is 26.6 Å². The Balaban J connectivity index is 1.80. The highest BCUT2D eigenvalue weighted by Crippen LogP contribution is 2.42. The molecule has 10 heteroatoms. The zero-order valence-electron chi connectivity index (χ0n) is 18.8. The maximum Gasteiger partial charge on any atom is 0.248 e. The monoisotopic (exact) mass is 479 g/mol. The van der Waals surface area contributed by atoms with Crippen LogP contribution in [0.5, 0.6) is 11.6 Å². The first-order valence-electron chi connectivity index (χ1n) is 10.8. The Morgan fingerprint density at radius 2 is 1.94 bits per heavy atom. The molecule has 1 aliphatic rings. The van der Waals surface area contributed by atoms with Crippen LogP contribution in [0.3, 0.4) is 0 Å². The van der Waals surface area contributed by atoms with Gasteiger partial charge in [0.15, 0.2) is 0 Å². The molecule has 4 rings (SSSR count). The molecule has 2 heterocycles. The van der Waals surface area contributed by atoms with Gasteiger partial charge < -0.3 is 14.0 Å². The van der Waals surface area contributed by atoms with E-state index >= 15 is 0 Å². The number of sulfonamides is 1. The second-order valence-electron chi connectivity index (χ2n) is 8.26. The molecule has 0 atom stereocenters. The highest BCUT2D eigenvalue weighted by molar-refractivity contribution is 7.92. The molecule has 0 radical (unpaired) electrons. The second kappa shape index (κ2) is 8.81. The van der Waals surface area contributed by atoms with Crippen molar-refractivity contribution in [2.45, 2.75) is 44.6 Å². The van der Waals surface area contributed by atoms with Gasteiger partial charge in [0.1, 0.15) is 11.3 Å². The third-order valence-electron chi connectivity index (χ3n) is 5.93. The quantitative estimate of drug-likeness (QED) is 0.518. The van der Waals surface area contributed by atoms with Gasteiger partial charge in [-0.1, -0.05) is 0 Å². The van der Waals surface area contributed by atoms with E-state index in [9.17, 15) is 17.2 Å². The zero-order valence-corrected chi connectivity index (χ0v) is 19.6. The lowest BCUT2D eigenvalue weighted by atomic mass is 9.94. The van der Waals surface area contributed by atoms with Crippen LogP contribution in [0, 0.1) is 0 Å². The fraction of sp³-hybridized carbons (Fsp3) is 0.435. The van der Waals surface area contributed by atoms with Crippen LogP contribution in [0.4, 0.5) is 14.5 Å². The third-order valence-corrected chi connectivity index (χ3v) is 7.24. The topological polar surface area (TPSA) is 82.5 Å². The van der Waals surface area contributed by atoms with Gasteiger partial charge in [-0.15, -0.1) is 0 Å². The number of nitrogens with one attached hydrogen (secondary N) is 1. The number of anilines is 1. The normalized spacial score (nSPS) is 16.6. The molecular formula is C23H27F2N3O4S. The molecule has 3 aromatic rings. The molecule has 178 valence electrons. The van der Waals surface area contributed by atoms with Crippen molar-refractivity contribution in [3.05, 3.63) is 36.7 Å². The summed E-state index contributed by atoms with van der Waals surface area (Å²) >= 11 is 0. The summed E-state index contributed by atoms with van der Waals surface area (Å²) in [6.45, 7) is 1.56. The van der Waals surface area contributed by atoms with Crippen LogP contribution in [0.25, 0.3) is 22.0 Å². The number of rotatable bonds is 7. The fourth-order valence-electron chi connectivity index (χ4n) is 4.15. The van der Waals surface area contributed by atoms with Crippen molar-refractivity contribution in [1.82, 2.24) is 9.55 Å². The lowest BCUT2D eigenvalue weighted by molar-refractivity contribution is -0.0581. The first-order chi connectivity index (χ1) is 15.6. The molecule has 0 aliphatic heterocycles. The standard InChI is InChI=1S/C23H27F2N3O4S/c1-4-33(29,30)27-15-5-6-20(32-16-7-10-23(24,25)11-8-16)18(13-15)19-14-28(2)21-17(19)9-12-26-22(21)31-3/h5-6,9,12-14,16,27H,4,7-8,10-11H2,1-3H3. The largest absolute Gasteiger partial charge is 0.490 e. The summed E-state index contributed by atoms with van der Waals surface area (Å²) in [7, 11) is -0.0737. The van der Waals surface area contributed by atoms with Gasteiger partial charge in [0, 0.05) is 54.5 Å². The van der Waals surface area contributed by atoms with Crippen molar-refractivity contribution in [2.75, 3.05) is 17.6 Å². The van der Waals surface area contributed by atoms with Gasteiger partial charge in [0.25, 0.3) is 0 Å². The molecule has 7 nitrogen and oxygen atoms in total. The molecule has 0 amide bonds. The van der Waals surface area contributed by atoms with Crippen molar-refractivity contribution in [3.8, 4) is 22.8 Å². The van der Waals surface area contributed by atoms with E-state index < -0.39 is 15.9 Å². The van der Waals surface area contributed by atoms with Crippen LogP contribution in [0.15, 0.2) is 36.7 Å². The predicted octanol–water partition coefficient (Wildman–Crippen LogP) is 4.97. The van der Waals surface area contributed by atoms with Crippen molar-refractivity contribution < 1.29 is 26.7 Å². The number of ether oxygens (including phenoxy) is 2. The van der Waals surface area contributed by atoms with Gasteiger partial charge in [-0.25, -0.2) is 22.2 Å². The Morgan fingerprint density at radius 3 is 2.61 bits per heavy atom. The summed E-state index contributed by atoms with van der Waals surface area (Å²) < 4.78 is 67.5. The third kappa shape index (κ3) is 4.90. The van der Waals surface area contributed by atoms with Crippen LogP contribution in [0.2, 0.25) is 0 Å². The van der Waals surface area contributed by atoms with Crippen LogP contribution >= 0.6 is 0 Å². The van der Waals surface area contributed by atoms with Gasteiger partial charge >= 0.3 is 0 Å². The molecule has 0 unspecified atom stereocenters. The van der Waals surface area contributed by atoms with Gasteiger partial charge in [0.2, 0.25) is 21.8 Å². The Bertz CT molecular complexity index is 1260. The van der Waals surface area contributed by atoms with Crippen molar-refractivity contribution in [3.63, 3.8) is 0 Å². The number of fused-ring (bicyclic) bond motifs is 1. The minimum Gasteiger partial charge on any atom is -0.490 e. The molecule has 0 spiro atoms. The molecule has 1 aromatic carbocycles. The summed E-state index contributed by atoms with van der Waals surface area (Å²) in [6, 6.07) is 6.87. The molecule has 33 heavy (non-hydrogen) atoms. The molecule has 1 N–H and O–H groups in total. The summed E-state index contributed by atoms with van der Waals surface area (Å²) in [5.41, 5.74) is 2.62.